The van der Waals surface area contributed by atoms with Crippen molar-refractivity contribution >= 4 is 34.8 Å². The van der Waals surface area contributed by atoms with E-state index in [1.54, 1.807) is 6.20 Å². The Balaban J connectivity index is 2.56. The first-order valence-electron chi connectivity index (χ1n) is 6.98. The van der Waals surface area contributed by atoms with E-state index in [0.717, 1.165) is 30.8 Å². The van der Waals surface area contributed by atoms with Gasteiger partial charge in [-0.25, -0.2) is 0 Å². The van der Waals surface area contributed by atoms with E-state index in [0.29, 0.717) is 15.1 Å². The fraction of sp³-hybridized carbons (Fsp3) is 0.400. The normalized spacial score (nSPS) is 12.6. The molecule has 1 aromatic heterocycles. The quantitative estimate of drug-likeness (QED) is 0.802. The van der Waals surface area contributed by atoms with Gasteiger partial charge in [0.2, 0.25) is 0 Å². The van der Waals surface area contributed by atoms with Crippen molar-refractivity contribution in [1.29, 1.82) is 0 Å². The Morgan fingerprint density at radius 1 is 1.14 bits per heavy atom. The van der Waals surface area contributed by atoms with Crippen LogP contribution in [0.5, 0.6) is 0 Å². The maximum atomic E-state index is 6.36. The lowest BCUT2D eigenvalue weighted by Gasteiger charge is -2.22. The molecule has 0 saturated heterocycles. The van der Waals surface area contributed by atoms with Crippen LogP contribution in [0.25, 0.3) is 0 Å². The van der Waals surface area contributed by atoms with Gasteiger partial charge in [-0.3, -0.25) is 4.68 Å². The maximum Gasteiger partial charge on any atom is 0.0837 e. The molecule has 1 heterocycles. The van der Waals surface area contributed by atoms with E-state index in [1.807, 2.05) is 29.8 Å². The monoisotopic (exact) mass is 345 g/mol. The van der Waals surface area contributed by atoms with Crippen molar-refractivity contribution in [3.8, 4) is 0 Å². The highest BCUT2D eigenvalue weighted by Crippen LogP contribution is 2.36. The Hall–Kier alpha value is -0.740. The minimum atomic E-state index is -0.183. The number of aromatic nitrogens is 2. The number of nitrogens with zero attached hydrogens (tertiary/aromatic N) is 2. The van der Waals surface area contributed by atoms with Crippen LogP contribution in [0.15, 0.2) is 24.4 Å². The molecule has 0 saturated carbocycles. The molecule has 0 radical (unpaired) electrons. The lowest BCUT2D eigenvalue weighted by atomic mass is 10.0. The largest absolute Gasteiger partial charge is 0.305 e. The third-order valence-corrected chi connectivity index (χ3v) is 4.19. The van der Waals surface area contributed by atoms with Crippen LogP contribution in [0, 0.1) is 0 Å². The Labute approximate surface area is 140 Å². The highest BCUT2D eigenvalue weighted by Gasteiger charge is 2.25. The molecule has 2 rings (SSSR count). The van der Waals surface area contributed by atoms with Crippen molar-refractivity contribution in [3.63, 3.8) is 0 Å². The van der Waals surface area contributed by atoms with Crippen molar-refractivity contribution in [2.24, 2.45) is 0 Å². The second-order valence-electron chi connectivity index (χ2n) is 4.73. The molecule has 2 aromatic rings. The predicted molar refractivity (Wildman–Crippen MR) is 89.5 cm³/mol. The van der Waals surface area contributed by atoms with Crippen LogP contribution in [-0.2, 0) is 6.54 Å². The second-order valence-corrected chi connectivity index (χ2v) is 5.95. The van der Waals surface area contributed by atoms with Gasteiger partial charge in [0.1, 0.15) is 0 Å². The molecule has 0 amide bonds. The van der Waals surface area contributed by atoms with Crippen molar-refractivity contribution < 1.29 is 0 Å². The van der Waals surface area contributed by atoms with Gasteiger partial charge in [-0.15, -0.1) is 0 Å². The molecule has 114 valence electrons. The number of hydrogen-bond donors (Lipinski definition) is 1. The zero-order valence-electron chi connectivity index (χ0n) is 12.0. The summed E-state index contributed by atoms with van der Waals surface area (Å²) in [4.78, 5) is 0. The molecule has 0 aliphatic heterocycles. The Kier molecular flexibility index (Phi) is 5.94. The lowest BCUT2D eigenvalue weighted by molar-refractivity contribution is 0.520. The first-order chi connectivity index (χ1) is 10.1. The molecule has 1 N–H and O–H groups in total. The summed E-state index contributed by atoms with van der Waals surface area (Å²) in [7, 11) is 0. The minimum Gasteiger partial charge on any atom is -0.305 e. The highest BCUT2D eigenvalue weighted by atomic mass is 35.5. The van der Waals surface area contributed by atoms with Crippen LogP contribution < -0.4 is 5.32 Å². The van der Waals surface area contributed by atoms with Crippen molar-refractivity contribution in [2.75, 3.05) is 6.54 Å². The van der Waals surface area contributed by atoms with Gasteiger partial charge in [-0.05, 0) is 25.1 Å². The number of rotatable bonds is 6. The SMILES string of the molecule is CCCn1ncc(Cl)c1C(NCC)c1c(Cl)cccc1Cl. The van der Waals surface area contributed by atoms with E-state index in [4.69, 9.17) is 34.8 Å². The maximum absolute atomic E-state index is 6.36. The summed E-state index contributed by atoms with van der Waals surface area (Å²) in [5, 5.41) is 9.62. The van der Waals surface area contributed by atoms with Gasteiger partial charge >= 0.3 is 0 Å². The summed E-state index contributed by atoms with van der Waals surface area (Å²) < 4.78 is 1.91. The summed E-state index contributed by atoms with van der Waals surface area (Å²) in [5.74, 6) is 0. The Bertz CT molecular complexity index is 590. The highest BCUT2D eigenvalue weighted by molar-refractivity contribution is 6.36. The molecule has 0 aliphatic carbocycles. The number of halogens is 3. The molecule has 0 spiro atoms. The molecule has 6 heteroatoms. The Morgan fingerprint density at radius 2 is 1.81 bits per heavy atom. The number of nitrogens with one attached hydrogen (secondary N) is 1. The zero-order valence-corrected chi connectivity index (χ0v) is 14.3. The third-order valence-electron chi connectivity index (χ3n) is 3.24. The molecule has 3 nitrogen and oxygen atoms in total. The van der Waals surface area contributed by atoms with E-state index in [1.165, 1.54) is 0 Å². The summed E-state index contributed by atoms with van der Waals surface area (Å²) in [6.07, 6.45) is 2.64. The van der Waals surface area contributed by atoms with Gasteiger partial charge < -0.3 is 5.32 Å². The van der Waals surface area contributed by atoms with Gasteiger partial charge in [-0.2, -0.15) is 5.10 Å². The molecular formula is C15H18Cl3N3. The summed E-state index contributed by atoms with van der Waals surface area (Å²) in [6, 6.07) is 5.32. The average Bonchev–Trinajstić information content (AvgIpc) is 2.79. The molecule has 0 fully saturated rings. The standard InChI is InChI=1S/C15H18Cl3N3/c1-3-8-21-15(12(18)9-20-21)14(19-4-2)13-10(16)6-5-7-11(13)17/h5-7,9,14,19H,3-4,8H2,1-2H3. The van der Waals surface area contributed by atoms with E-state index >= 15 is 0 Å². The molecular weight excluding hydrogens is 329 g/mol. The van der Waals surface area contributed by atoms with Gasteiger partial charge in [0.25, 0.3) is 0 Å². The van der Waals surface area contributed by atoms with Gasteiger partial charge in [0.15, 0.2) is 0 Å². The topological polar surface area (TPSA) is 29.9 Å². The minimum absolute atomic E-state index is 0.183. The molecule has 0 aliphatic rings. The van der Waals surface area contributed by atoms with Crippen LogP contribution in [-0.4, -0.2) is 16.3 Å². The molecule has 0 bridgehead atoms. The summed E-state index contributed by atoms with van der Waals surface area (Å²) in [5.41, 5.74) is 1.73. The van der Waals surface area contributed by atoms with Crippen LogP contribution in [0.1, 0.15) is 37.6 Å². The van der Waals surface area contributed by atoms with Crippen LogP contribution in [0.2, 0.25) is 15.1 Å². The first kappa shape index (κ1) is 16.6. The van der Waals surface area contributed by atoms with Crippen LogP contribution in [0.4, 0.5) is 0 Å². The summed E-state index contributed by atoms with van der Waals surface area (Å²) >= 11 is 19.1. The van der Waals surface area contributed by atoms with E-state index < -0.39 is 0 Å². The van der Waals surface area contributed by atoms with E-state index in [2.05, 4.69) is 17.3 Å². The number of aryl methyl sites for hydroxylation is 1. The first-order valence-corrected chi connectivity index (χ1v) is 8.12. The third kappa shape index (κ3) is 3.54. The molecule has 21 heavy (non-hydrogen) atoms. The fourth-order valence-electron chi connectivity index (χ4n) is 2.37. The Morgan fingerprint density at radius 3 is 2.38 bits per heavy atom. The number of hydrogen-bond acceptors (Lipinski definition) is 2. The van der Waals surface area contributed by atoms with Crippen LogP contribution in [0.3, 0.4) is 0 Å². The molecule has 1 aromatic carbocycles. The molecule has 1 unspecified atom stereocenters. The van der Waals surface area contributed by atoms with Crippen LogP contribution >= 0.6 is 34.8 Å². The average molecular weight is 347 g/mol. The number of benzene rings is 1. The molecule has 1 atom stereocenters. The van der Waals surface area contributed by atoms with E-state index in [-0.39, 0.29) is 6.04 Å². The van der Waals surface area contributed by atoms with Crippen molar-refractivity contribution in [2.45, 2.75) is 32.9 Å². The van der Waals surface area contributed by atoms with Gasteiger partial charge in [-0.1, -0.05) is 54.7 Å². The summed E-state index contributed by atoms with van der Waals surface area (Å²) in [6.45, 7) is 5.70. The lowest BCUT2D eigenvalue weighted by Crippen LogP contribution is -2.26. The zero-order chi connectivity index (χ0) is 15.4. The van der Waals surface area contributed by atoms with E-state index in [9.17, 15) is 0 Å². The van der Waals surface area contributed by atoms with Crippen molar-refractivity contribution in [1.82, 2.24) is 15.1 Å². The fourth-order valence-corrected chi connectivity index (χ4v) is 3.24. The van der Waals surface area contributed by atoms with Gasteiger partial charge in [0, 0.05) is 22.2 Å². The van der Waals surface area contributed by atoms with Gasteiger partial charge in [0.05, 0.1) is 23.0 Å². The predicted octanol–water partition coefficient (Wildman–Crippen LogP) is 4.95. The second kappa shape index (κ2) is 7.50. The smallest absolute Gasteiger partial charge is 0.0837 e. The van der Waals surface area contributed by atoms with Crippen molar-refractivity contribution in [3.05, 3.63) is 50.7 Å².